The molecule has 0 N–H and O–H groups in total. The number of amides is 1. The third kappa shape index (κ3) is 5.16. The van der Waals surface area contributed by atoms with E-state index >= 15 is 0 Å². The van der Waals surface area contributed by atoms with Gasteiger partial charge in [-0.2, -0.15) is 0 Å². The average Bonchev–Trinajstić information content (AvgIpc) is 3.26. The fourth-order valence-corrected chi connectivity index (χ4v) is 5.22. The van der Waals surface area contributed by atoms with E-state index in [1.54, 1.807) is 24.1 Å². The van der Waals surface area contributed by atoms with Gasteiger partial charge in [0.2, 0.25) is 5.76 Å². The zero-order valence-electron chi connectivity index (χ0n) is 23.5. The minimum atomic E-state index is -0.714. The molecule has 0 fully saturated rings. The topological polar surface area (TPSA) is 78.2 Å². The van der Waals surface area contributed by atoms with Crippen LogP contribution in [0.1, 0.15) is 72.8 Å². The monoisotopic (exact) mass is 541 g/mol. The molecule has 0 radical (unpaired) electrons. The van der Waals surface area contributed by atoms with E-state index < -0.39 is 6.04 Å². The lowest BCUT2D eigenvalue weighted by molar-refractivity contribution is 0.0971. The summed E-state index contributed by atoms with van der Waals surface area (Å²) in [6.07, 6.45) is 4.40. The zero-order valence-corrected chi connectivity index (χ0v) is 23.5. The van der Waals surface area contributed by atoms with E-state index in [1.165, 1.54) is 6.42 Å². The molecule has 0 saturated carbocycles. The molecule has 208 valence electrons. The lowest BCUT2D eigenvalue weighted by Crippen LogP contribution is -2.29. The average molecular weight is 542 g/mol. The summed E-state index contributed by atoms with van der Waals surface area (Å²) in [4.78, 5) is 29.5. The van der Waals surface area contributed by atoms with Crippen LogP contribution in [0.15, 0.2) is 69.9 Å². The molecule has 1 aliphatic rings. The predicted octanol–water partition coefficient (Wildman–Crippen LogP) is 7.22. The number of rotatable bonds is 11. The molecule has 2 heterocycles. The van der Waals surface area contributed by atoms with Crippen molar-refractivity contribution in [1.29, 1.82) is 0 Å². The maximum Gasteiger partial charge on any atom is 0.295 e. The van der Waals surface area contributed by atoms with Crippen LogP contribution in [0.25, 0.3) is 11.0 Å². The maximum atomic E-state index is 14.0. The minimum absolute atomic E-state index is 0.0513. The highest BCUT2D eigenvalue weighted by Crippen LogP contribution is 2.43. The summed E-state index contributed by atoms with van der Waals surface area (Å²) in [7, 11) is 1.59. The Morgan fingerprint density at radius 3 is 2.40 bits per heavy atom. The molecule has 1 aliphatic heterocycles. The molecule has 1 aromatic heterocycles. The Hall–Kier alpha value is -4.26. The minimum Gasteiger partial charge on any atom is -0.494 e. The standard InChI is InChI=1S/C33H35NO6/c1-5-7-8-9-18-39-27-17-11-22(20-28(27)37-4)30-29-31(35)25-19-21(3)10-16-26(25)40-32(29)33(36)34(30)23-12-14-24(15-13-23)38-6-2/h10-17,19-20,30H,5-9,18H2,1-4H3. The SMILES string of the molecule is CCCCCCOc1ccc(C2c3c(oc4ccc(C)cc4c3=O)C(=O)N2c2ccc(OCC)cc2)cc1OC. The van der Waals surface area contributed by atoms with Crippen LogP contribution in [0.5, 0.6) is 17.2 Å². The van der Waals surface area contributed by atoms with Crippen molar-refractivity contribution < 1.29 is 23.4 Å². The van der Waals surface area contributed by atoms with E-state index in [2.05, 4.69) is 6.92 Å². The van der Waals surface area contributed by atoms with E-state index in [1.807, 2.05) is 62.4 Å². The highest BCUT2D eigenvalue weighted by molar-refractivity contribution is 6.10. The van der Waals surface area contributed by atoms with Gasteiger partial charge in [-0.25, -0.2) is 0 Å². The number of methoxy groups -OCH3 is 1. The van der Waals surface area contributed by atoms with E-state index in [-0.39, 0.29) is 17.1 Å². The van der Waals surface area contributed by atoms with E-state index in [0.717, 1.165) is 30.4 Å². The Morgan fingerprint density at radius 1 is 0.875 bits per heavy atom. The highest BCUT2D eigenvalue weighted by Gasteiger charge is 2.44. The molecule has 1 atom stereocenters. The summed E-state index contributed by atoms with van der Waals surface area (Å²) in [5.41, 5.74) is 2.76. The van der Waals surface area contributed by atoms with Gasteiger partial charge in [0.25, 0.3) is 5.91 Å². The first kappa shape index (κ1) is 27.3. The Bertz CT molecular complexity index is 1570. The van der Waals surface area contributed by atoms with E-state index in [0.29, 0.717) is 52.7 Å². The van der Waals surface area contributed by atoms with Gasteiger partial charge in [-0.1, -0.05) is 43.9 Å². The van der Waals surface area contributed by atoms with Crippen LogP contribution in [-0.4, -0.2) is 26.2 Å². The number of hydrogen-bond donors (Lipinski definition) is 0. The lowest BCUT2D eigenvalue weighted by Gasteiger charge is -2.26. The Morgan fingerprint density at radius 2 is 1.68 bits per heavy atom. The van der Waals surface area contributed by atoms with Crippen molar-refractivity contribution in [3.8, 4) is 17.2 Å². The Kier molecular flexibility index (Phi) is 8.10. The molecule has 5 rings (SSSR count). The van der Waals surface area contributed by atoms with E-state index in [9.17, 15) is 9.59 Å². The molecule has 0 bridgehead atoms. The number of aryl methyl sites for hydroxylation is 1. The first-order valence-corrected chi connectivity index (χ1v) is 13.9. The number of unbranched alkanes of at least 4 members (excludes halogenated alkanes) is 3. The number of nitrogens with zero attached hydrogens (tertiary/aromatic N) is 1. The van der Waals surface area contributed by atoms with Crippen molar-refractivity contribution in [3.05, 3.63) is 93.3 Å². The molecule has 40 heavy (non-hydrogen) atoms. The van der Waals surface area contributed by atoms with Crippen LogP contribution in [0, 0.1) is 6.92 Å². The van der Waals surface area contributed by atoms with E-state index in [4.69, 9.17) is 18.6 Å². The summed E-state index contributed by atoms with van der Waals surface area (Å²) in [6, 6.07) is 17.5. The van der Waals surface area contributed by atoms with Gasteiger partial charge in [0, 0.05) is 5.69 Å². The summed E-state index contributed by atoms with van der Waals surface area (Å²) in [6.45, 7) is 7.14. The summed E-state index contributed by atoms with van der Waals surface area (Å²) in [5.74, 6) is 1.54. The molecular formula is C33H35NO6. The Labute approximate surface area is 234 Å². The molecule has 7 heteroatoms. The van der Waals surface area contributed by atoms with Crippen molar-refractivity contribution in [2.75, 3.05) is 25.2 Å². The van der Waals surface area contributed by atoms with Crippen LogP contribution in [-0.2, 0) is 0 Å². The molecule has 7 nitrogen and oxygen atoms in total. The van der Waals surface area contributed by atoms with Gasteiger partial charge in [0.1, 0.15) is 11.3 Å². The maximum absolute atomic E-state index is 14.0. The van der Waals surface area contributed by atoms with Crippen molar-refractivity contribution in [2.24, 2.45) is 0 Å². The van der Waals surface area contributed by atoms with Crippen molar-refractivity contribution in [3.63, 3.8) is 0 Å². The number of hydrogen-bond acceptors (Lipinski definition) is 6. The smallest absolute Gasteiger partial charge is 0.295 e. The first-order valence-electron chi connectivity index (χ1n) is 13.9. The number of fused-ring (bicyclic) bond motifs is 2. The van der Waals surface area contributed by atoms with Gasteiger partial charge in [0.05, 0.1) is 37.3 Å². The van der Waals surface area contributed by atoms with Crippen molar-refractivity contribution in [2.45, 2.75) is 52.5 Å². The summed E-state index contributed by atoms with van der Waals surface area (Å²) in [5, 5.41) is 0.448. The van der Waals surface area contributed by atoms with Gasteiger partial charge in [-0.3, -0.25) is 14.5 Å². The first-order chi connectivity index (χ1) is 19.5. The zero-order chi connectivity index (χ0) is 28.2. The molecule has 3 aromatic carbocycles. The largest absolute Gasteiger partial charge is 0.494 e. The summed E-state index contributed by atoms with van der Waals surface area (Å²) >= 11 is 0. The number of ether oxygens (including phenoxy) is 3. The fraction of sp³-hybridized carbons (Fsp3) is 0.333. The number of carbonyl (C=O) groups is 1. The second-order valence-electron chi connectivity index (χ2n) is 10.00. The molecule has 0 spiro atoms. The molecule has 0 saturated heterocycles. The van der Waals surface area contributed by atoms with Crippen molar-refractivity contribution >= 4 is 22.6 Å². The molecular weight excluding hydrogens is 506 g/mol. The number of carbonyl (C=O) groups excluding carboxylic acids is 1. The van der Waals surface area contributed by atoms with Crippen molar-refractivity contribution in [1.82, 2.24) is 0 Å². The number of anilines is 1. The third-order valence-corrected chi connectivity index (χ3v) is 7.21. The fourth-order valence-electron chi connectivity index (χ4n) is 5.22. The molecule has 4 aromatic rings. The molecule has 1 unspecified atom stereocenters. The van der Waals surface area contributed by atoms with Gasteiger partial charge in [-0.05, 0) is 74.4 Å². The quantitative estimate of drug-likeness (QED) is 0.187. The highest BCUT2D eigenvalue weighted by atomic mass is 16.5. The van der Waals surface area contributed by atoms with Gasteiger partial charge in [0.15, 0.2) is 16.9 Å². The van der Waals surface area contributed by atoms with Crippen LogP contribution >= 0.6 is 0 Å². The van der Waals surface area contributed by atoms with Gasteiger partial charge in [-0.15, -0.1) is 0 Å². The second-order valence-corrected chi connectivity index (χ2v) is 10.00. The predicted molar refractivity (Wildman–Crippen MR) is 156 cm³/mol. The van der Waals surface area contributed by atoms with Gasteiger partial charge < -0.3 is 18.6 Å². The van der Waals surface area contributed by atoms with Crippen LogP contribution < -0.4 is 24.5 Å². The van der Waals surface area contributed by atoms with Crippen LogP contribution in [0.2, 0.25) is 0 Å². The normalized spacial score (nSPS) is 14.4. The number of benzene rings is 3. The molecule has 1 amide bonds. The van der Waals surface area contributed by atoms with Gasteiger partial charge >= 0.3 is 0 Å². The Balaban J connectivity index is 1.61. The molecule has 0 aliphatic carbocycles. The van der Waals surface area contributed by atoms with Crippen LogP contribution in [0.4, 0.5) is 5.69 Å². The second kappa shape index (κ2) is 11.9. The van der Waals surface area contributed by atoms with Crippen LogP contribution in [0.3, 0.4) is 0 Å². The third-order valence-electron chi connectivity index (χ3n) is 7.21. The lowest BCUT2D eigenvalue weighted by atomic mass is 9.97. The summed E-state index contributed by atoms with van der Waals surface area (Å²) < 4.78 is 23.4.